The summed E-state index contributed by atoms with van der Waals surface area (Å²) in [6.45, 7) is 9.27. The molecule has 2 atom stereocenters. The Morgan fingerprint density at radius 3 is 2.47 bits per heavy atom. The molecule has 0 bridgehead atoms. The molecule has 0 spiro atoms. The molecule has 1 aromatic heterocycles. The molecule has 4 rings (SSSR count). The van der Waals surface area contributed by atoms with Gasteiger partial charge in [0.1, 0.15) is 35.2 Å². The standard InChI is InChI=1S/C38H48N2O6S/c1-38(2,3)47(5)27-46-34(25-39-22-11-6-7-12-23-44-30-17-13-16-29(24-30)37(42)43-4)31-18-20-33(36-32(31)19-21-35(41)40-36)45-26-28-14-9-8-10-15-28/h8-10,13-21,24,34,39H,6-7,11-12,22-23,25-27H2,1-5H3/p+1. The Morgan fingerprint density at radius 1 is 0.915 bits per heavy atom. The summed E-state index contributed by atoms with van der Waals surface area (Å²) in [5.41, 5.74) is 3.09. The second-order valence-electron chi connectivity index (χ2n) is 12.5. The molecule has 2 unspecified atom stereocenters. The van der Waals surface area contributed by atoms with Crippen LogP contribution in [0.25, 0.3) is 10.9 Å². The van der Waals surface area contributed by atoms with E-state index in [0.29, 0.717) is 48.3 Å². The van der Waals surface area contributed by atoms with Crippen LogP contribution in [0.4, 0.5) is 0 Å². The van der Waals surface area contributed by atoms with E-state index in [-0.39, 0.29) is 33.3 Å². The molecule has 8 nitrogen and oxygen atoms in total. The highest BCUT2D eigenvalue weighted by molar-refractivity contribution is 7.97. The summed E-state index contributed by atoms with van der Waals surface area (Å²) in [6, 6.07) is 24.5. The number of hydrogen-bond acceptors (Lipinski definition) is 7. The number of aromatic nitrogens is 1. The van der Waals surface area contributed by atoms with E-state index in [4.69, 9.17) is 18.9 Å². The van der Waals surface area contributed by atoms with E-state index in [1.165, 1.54) is 7.11 Å². The predicted octanol–water partition coefficient (Wildman–Crippen LogP) is 7.18. The van der Waals surface area contributed by atoms with Gasteiger partial charge >= 0.3 is 5.97 Å². The number of aromatic amines is 1. The third-order valence-corrected chi connectivity index (χ3v) is 10.6. The lowest BCUT2D eigenvalue weighted by Gasteiger charge is -2.24. The summed E-state index contributed by atoms with van der Waals surface area (Å²) in [4.78, 5) is 27.2. The number of benzene rings is 3. The highest BCUT2D eigenvalue weighted by atomic mass is 32.2. The second kappa shape index (κ2) is 17.9. The summed E-state index contributed by atoms with van der Waals surface area (Å²) >= 11 is 0. The number of pyridine rings is 1. The third kappa shape index (κ3) is 11.2. The first-order valence-electron chi connectivity index (χ1n) is 16.2. The zero-order chi connectivity index (χ0) is 33.6. The van der Waals surface area contributed by atoms with Gasteiger partial charge in [-0.15, -0.1) is 0 Å². The minimum atomic E-state index is -0.368. The van der Waals surface area contributed by atoms with Gasteiger partial charge < -0.3 is 29.2 Å². The molecule has 9 heteroatoms. The van der Waals surface area contributed by atoms with Crippen LogP contribution >= 0.6 is 0 Å². The number of nitrogens with one attached hydrogen (secondary N) is 2. The quantitative estimate of drug-likeness (QED) is 0.0662. The molecule has 0 amide bonds. The zero-order valence-corrected chi connectivity index (χ0v) is 29.1. The molecular formula is C38H49N2O6S+. The van der Waals surface area contributed by atoms with Crippen molar-refractivity contribution < 1.29 is 23.7 Å². The number of ether oxygens (including phenoxy) is 4. The van der Waals surface area contributed by atoms with Crippen molar-refractivity contribution in [3.8, 4) is 11.5 Å². The van der Waals surface area contributed by atoms with Gasteiger partial charge in [0, 0.05) is 28.9 Å². The number of H-pyrrole nitrogens is 1. The molecule has 0 radical (unpaired) electrons. The molecule has 0 saturated carbocycles. The highest BCUT2D eigenvalue weighted by Gasteiger charge is 2.31. The molecule has 1 heterocycles. The van der Waals surface area contributed by atoms with Crippen LogP contribution in [-0.4, -0.2) is 54.7 Å². The fraction of sp³-hybridized carbons (Fsp3) is 0.421. The maximum absolute atomic E-state index is 12.4. The summed E-state index contributed by atoms with van der Waals surface area (Å²) in [7, 11) is 1.43. The van der Waals surface area contributed by atoms with E-state index >= 15 is 0 Å². The van der Waals surface area contributed by atoms with Crippen molar-refractivity contribution in [2.45, 2.75) is 63.9 Å². The number of carbonyl (C=O) groups excluding carboxylic acids is 1. The van der Waals surface area contributed by atoms with E-state index in [2.05, 4.69) is 43.4 Å². The van der Waals surface area contributed by atoms with E-state index in [1.54, 1.807) is 24.3 Å². The van der Waals surface area contributed by atoms with Crippen molar-refractivity contribution in [1.29, 1.82) is 0 Å². The van der Waals surface area contributed by atoms with Crippen LogP contribution in [0.15, 0.2) is 83.7 Å². The van der Waals surface area contributed by atoms with Crippen LogP contribution in [0, 0.1) is 0 Å². The fourth-order valence-electron chi connectivity index (χ4n) is 4.96. The van der Waals surface area contributed by atoms with Crippen LogP contribution in [0.3, 0.4) is 0 Å². The van der Waals surface area contributed by atoms with Crippen LogP contribution in [-0.2, 0) is 27.0 Å². The molecule has 0 aliphatic carbocycles. The molecule has 0 aliphatic heterocycles. The molecule has 47 heavy (non-hydrogen) atoms. The normalized spacial score (nSPS) is 12.9. The first-order valence-corrected chi connectivity index (χ1v) is 18.0. The summed E-state index contributed by atoms with van der Waals surface area (Å²) in [5, 5.41) is 4.54. The van der Waals surface area contributed by atoms with Crippen molar-refractivity contribution in [2.75, 3.05) is 39.0 Å². The van der Waals surface area contributed by atoms with Gasteiger partial charge in [-0.2, -0.15) is 0 Å². The monoisotopic (exact) mass is 661 g/mol. The van der Waals surface area contributed by atoms with Crippen LogP contribution in [0.1, 0.15) is 74.0 Å². The predicted molar refractivity (Wildman–Crippen MR) is 192 cm³/mol. The van der Waals surface area contributed by atoms with E-state index in [0.717, 1.165) is 48.7 Å². The van der Waals surface area contributed by atoms with Gasteiger partial charge in [-0.05, 0) is 81.6 Å². The van der Waals surface area contributed by atoms with Gasteiger partial charge in [0.25, 0.3) is 0 Å². The Balaban J connectivity index is 1.34. The molecule has 0 saturated heterocycles. The van der Waals surface area contributed by atoms with Crippen LogP contribution in [0.2, 0.25) is 0 Å². The van der Waals surface area contributed by atoms with Crippen molar-refractivity contribution in [3.63, 3.8) is 0 Å². The average molecular weight is 662 g/mol. The first-order chi connectivity index (χ1) is 22.7. The van der Waals surface area contributed by atoms with Crippen molar-refractivity contribution in [3.05, 3.63) is 106 Å². The lowest BCUT2D eigenvalue weighted by Crippen LogP contribution is -2.33. The largest absolute Gasteiger partial charge is 0.494 e. The highest BCUT2D eigenvalue weighted by Crippen LogP contribution is 2.32. The smallest absolute Gasteiger partial charge is 0.337 e. The number of methoxy groups -OCH3 is 1. The molecular weight excluding hydrogens is 612 g/mol. The topological polar surface area (TPSA) is 98.9 Å². The molecule has 252 valence electrons. The van der Waals surface area contributed by atoms with Crippen molar-refractivity contribution in [1.82, 2.24) is 10.3 Å². The number of fused-ring (bicyclic) bond motifs is 1. The van der Waals surface area contributed by atoms with Gasteiger partial charge in [-0.1, -0.05) is 55.3 Å². The van der Waals surface area contributed by atoms with Gasteiger partial charge in [0.2, 0.25) is 11.5 Å². The third-order valence-electron chi connectivity index (χ3n) is 8.07. The Morgan fingerprint density at radius 2 is 1.70 bits per heavy atom. The molecule has 4 aromatic rings. The molecule has 3 aromatic carbocycles. The van der Waals surface area contributed by atoms with Gasteiger partial charge in [-0.25, -0.2) is 4.79 Å². The zero-order valence-electron chi connectivity index (χ0n) is 28.3. The summed E-state index contributed by atoms with van der Waals surface area (Å²) in [5.74, 6) is 1.60. The van der Waals surface area contributed by atoms with Crippen molar-refractivity contribution in [2.24, 2.45) is 0 Å². The number of unbranched alkanes of at least 4 members (excludes halogenated alkanes) is 3. The minimum Gasteiger partial charge on any atom is -0.494 e. The molecule has 2 N–H and O–H groups in total. The second-order valence-corrected chi connectivity index (χ2v) is 15.3. The Kier molecular flexibility index (Phi) is 13.8. The van der Waals surface area contributed by atoms with Gasteiger partial charge in [0.05, 0.1) is 24.8 Å². The lowest BCUT2D eigenvalue weighted by atomic mass is 10.0. The number of carbonyl (C=O) groups is 1. The summed E-state index contributed by atoms with van der Waals surface area (Å²) in [6.07, 6.45) is 6.14. The van der Waals surface area contributed by atoms with E-state index in [9.17, 15) is 9.59 Å². The van der Waals surface area contributed by atoms with Gasteiger partial charge in [-0.3, -0.25) is 4.79 Å². The molecule has 0 fully saturated rings. The first kappa shape index (κ1) is 36.1. The number of rotatable bonds is 18. The maximum atomic E-state index is 12.4. The van der Waals surface area contributed by atoms with Crippen LogP contribution < -0.4 is 20.3 Å². The maximum Gasteiger partial charge on any atom is 0.337 e. The minimum absolute atomic E-state index is 0.0530. The summed E-state index contributed by atoms with van der Waals surface area (Å²) < 4.78 is 23.6. The van der Waals surface area contributed by atoms with Crippen LogP contribution in [0.5, 0.6) is 11.5 Å². The number of hydrogen-bond donors (Lipinski definition) is 2. The SMILES string of the molecule is COC(=O)c1cccc(OCCCCCCNCC(OC[S+](C)C(C)(C)C)c2ccc(OCc3ccccc3)c3[nH]c(=O)ccc23)c1. The fourth-order valence-corrected chi connectivity index (χ4v) is 5.69. The molecule has 0 aliphatic rings. The Hall–Kier alpha value is -3.79. The van der Waals surface area contributed by atoms with E-state index in [1.807, 2.05) is 48.5 Å². The lowest BCUT2D eigenvalue weighted by molar-refractivity contribution is 0.0600. The Labute approximate surface area is 281 Å². The number of esters is 1. The van der Waals surface area contributed by atoms with Gasteiger partial charge in [0.15, 0.2) is 0 Å². The van der Waals surface area contributed by atoms with Crippen molar-refractivity contribution >= 4 is 27.8 Å². The van der Waals surface area contributed by atoms with E-state index < -0.39 is 0 Å². The average Bonchev–Trinajstić information content (AvgIpc) is 3.07. The Bertz CT molecular complexity index is 1620.